The Bertz CT molecular complexity index is 240. The molecule has 3 nitrogen and oxygen atoms in total. The second-order valence-corrected chi connectivity index (χ2v) is 4.63. The van der Waals surface area contributed by atoms with Gasteiger partial charge in [-0.3, -0.25) is 0 Å². The minimum absolute atomic E-state index is 0.151. The Hall–Kier alpha value is -0.990. The molecule has 1 atom stereocenters. The Labute approximate surface area is 85.7 Å². The van der Waals surface area contributed by atoms with Gasteiger partial charge >= 0.3 is 6.09 Å². The van der Waals surface area contributed by atoms with Crippen molar-refractivity contribution >= 4 is 6.09 Å². The predicted molar refractivity (Wildman–Crippen MR) is 56.2 cm³/mol. The van der Waals surface area contributed by atoms with Gasteiger partial charge in [-0.15, -0.1) is 0 Å². The summed E-state index contributed by atoms with van der Waals surface area (Å²) < 4.78 is 5.30. The van der Waals surface area contributed by atoms with Crippen molar-refractivity contribution in [1.29, 1.82) is 0 Å². The highest BCUT2D eigenvalue weighted by atomic mass is 16.6. The third-order valence-electron chi connectivity index (χ3n) is 2.07. The number of carbonyl (C=O) groups is 1. The molecule has 0 N–H and O–H groups in total. The molecule has 0 unspecified atom stereocenters. The monoisotopic (exact) mass is 197 g/mol. The molecule has 0 bridgehead atoms. The minimum Gasteiger partial charge on any atom is -0.444 e. The number of rotatable bonds is 0. The Kier molecular flexibility index (Phi) is 3.19. The Balaban J connectivity index is 2.56. The lowest BCUT2D eigenvalue weighted by molar-refractivity contribution is 0.0206. The van der Waals surface area contributed by atoms with Crippen molar-refractivity contribution in [3.8, 4) is 0 Å². The third-order valence-corrected chi connectivity index (χ3v) is 2.07. The molecule has 0 aliphatic carbocycles. The van der Waals surface area contributed by atoms with Crippen LogP contribution in [0.3, 0.4) is 0 Å². The quantitative estimate of drug-likeness (QED) is 0.558. The number of hydrogen-bond acceptors (Lipinski definition) is 2. The van der Waals surface area contributed by atoms with Crippen LogP contribution < -0.4 is 0 Å². The predicted octanol–water partition coefficient (Wildman–Crippen LogP) is 2.57. The van der Waals surface area contributed by atoms with E-state index in [-0.39, 0.29) is 12.1 Å². The number of ether oxygens (including phenoxy) is 1. The van der Waals surface area contributed by atoms with E-state index in [1.807, 2.05) is 33.8 Å². The molecule has 0 aromatic rings. The molecule has 1 aliphatic heterocycles. The SMILES string of the molecule is C[C@H]1C=CCCN1C(=O)OC(C)(C)C. The number of hydrogen-bond donors (Lipinski definition) is 0. The van der Waals surface area contributed by atoms with Gasteiger partial charge in [0.1, 0.15) is 5.60 Å². The second kappa shape index (κ2) is 4.03. The van der Waals surface area contributed by atoms with Crippen molar-refractivity contribution < 1.29 is 9.53 Å². The van der Waals surface area contributed by atoms with E-state index in [0.29, 0.717) is 0 Å². The van der Waals surface area contributed by atoms with E-state index < -0.39 is 5.60 Å². The summed E-state index contributed by atoms with van der Waals surface area (Å²) in [5.41, 5.74) is -0.405. The molecule has 14 heavy (non-hydrogen) atoms. The average molecular weight is 197 g/mol. The lowest BCUT2D eigenvalue weighted by atomic mass is 10.1. The first-order chi connectivity index (χ1) is 6.40. The minimum atomic E-state index is -0.405. The molecule has 0 fully saturated rings. The summed E-state index contributed by atoms with van der Waals surface area (Å²) in [7, 11) is 0. The van der Waals surface area contributed by atoms with Crippen LogP contribution in [0.5, 0.6) is 0 Å². The zero-order valence-corrected chi connectivity index (χ0v) is 9.41. The molecule has 0 spiro atoms. The second-order valence-electron chi connectivity index (χ2n) is 4.63. The first-order valence-electron chi connectivity index (χ1n) is 5.06. The standard InChI is InChI=1S/C11H19NO2/c1-9-7-5-6-8-12(9)10(13)14-11(2,3)4/h5,7,9H,6,8H2,1-4H3/t9-/m0/s1. The molecular weight excluding hydrogens is 178 g/mol. The maximum absolute atomic E-state index is 11.7. The molecule has 0 saturated carbocycles. The molecule has 1 rings (SSSR count). The first kappa shape index (κ1) is 11.1. The van der Waals surface area contributed by atoms with Crippen LogP contribution in [0.4, 0.5) is 4.79 Å². The van der Waals surface area contributed by atoms with Crippen LogP contribution >= 0.6 is 0 Å². The van der Waals surface area contributed by atoms with Gasteiger partial charge in [-0.05, 0) is 34.1 Å². The van der Waals surface area contributed by atoms with Crippen LogP contribution in [0.15, 0.2) is 12.2 Å². The summed E-state index contributed by atoms with van der Waals surface area (Å²) in [6, 6.07) is 0.151. The van der Waals surface area contributed by atoms with Crippen molar-refractivity contribution in [3.63, 3.8) is 0 Å². The van der Waals surface area contributed by atoms with Crippen LogP contribution in [0.2, 0.25) is 0 Å². The third kappa shape index (κ3) is 3.05. The van der Waals surface area contributed by atoms with Gasteiger partial charge in [0.05, 0.1) is 6.04 Å². The molecule has 0 saturated heterocycles. The maximum atomic E-state index is 11.7. The van der Waals surface area contributed by atoms with E-state index in [4.69, 9.17) is 4.74 Å². The van der Waals surface area contributed by atoms with Gasteiger partial charge in [-0.25, -0.2) is 4.79 Å². The summed E-state index contributed by atoms with van der Waals surface area (Å²) in [5.74, 6) is 0. The highest BCUT2D eigenvalue weighted by Crippen LogP contribution is 2.15. The molecular formula is C11H19NO2. The maximum Gasteiger partial charge on any atom is 0.410 e. The number of amides is 1. The fraction of sp³-hybridized carbons (Fsp3) is 0.727. The topological polar surface area (TPSA) is 29.5 Å². The molecule has 0 radical (unpaired) electrons. The van der Waals surface area contributed by atoms with E-state index in [1.165, 1.54) is 0 Å². The normalized spacial score (nSPS) is 22.3. The van der Waals surface area contributed by atoms with Crippen LogP contribution in [0.1, 0.15) is 34.1 Å². The zero-order valence-electron chi connectivity index (χ0n) is 9.41. The number of carbonyl (C=O) groups excluding carboxylic acids is 1. The zero-order chi connectivity index (χ0) is 10.8. The van der Waals surface area contributed by atoms with Gasteiger partial charge in [-0.2, -0.15) is 0 Å². The van der Waals surface area contributed by atoms with E-state index in [0.717, 1.165) is 13.0 Å². The van der Waals surface area contributed by atoms with Crippen LogP contribution in [-0.4, -0.2) is 29.2 Å². The summed E-state index contributed by atoms with van der Waals surface area (Å²) in [6.45, 7) is 8.41. The summed E-state index contributed by atoms with van der Waals surface area (Å²) >= 11 is 0. The van der Waals surface area contributed by atoms with Crippen LogP contribution in [-0.2, 0) is 4.74 Å². The largest absolute Gasteiger partial charge is 0.444 e. The van der Waals surface area contributed by atoms with E-state index in [1.54, 1.807) is 4.90 Å². The van der Waals surface area contributed by atoms with Gasteiger partial charge < -0.3 is 9.64 Å². The van der Waals surface area contributed by atoms with E-state index in [2.05, 4.69) is 6.08 Å². The molecule has 1 aliphatic rings. The molecule has 3 heteroatoms. The summed E-state index contributed by atoms with van der Waals surface area (Å²) in [5, 5.41) is 0. The Morgan fingerprint density at radius 2 is 2.14 bits per heavy atom. The van der Waals surface area contributed by atoms with Crippen molar-refractivity contribution in [1.82, 2.24) is 4.90 Å². The summed E-state index contributed by atoms with van der Waals surface area (Å²) in [6.07, 6.45) is 4.84. The fourth-order valence-corrected chi connectivity index (χ4v) is 1.39. The Morgan fingerprint density at radius 3 is 2.64 bits per heavy atom. The molecule has 1 heterocycles. The van der Waals surface area contributed by atoms with Gasteiger partial charge in [0.2, 0.25) is 0 Å². The highest BCUT2D eigenvalue weighted by molar-refractivity contribution is 5.69. The van der Waals surface area contributed by atoms with Crippen LogP contribution in [0, 0.1) is 0 Å². The Morgan fingerprint density at radius 1 is 1.50 bits per heavy atom. The van der Waals surface area contributed by atoms with Crippen LogP contribution in [0.25, 0.3) is 0 Å². The average Bonchev–Trinajstić information content (AvgIpc) is 2.01. The smallest absolute Gasteiger partial charge is 0.410 e. The van der Waals surface area contributed by atoms with E-state index >= 15 is 0 Å². The molecule has 0 aromatic carbocycles. The molecule has 0 aromatic heterocycles. The number of nitrogens with zero attached hydrogens (tertiary/aromatic N) is 1. The summed E-state index contributed by atoms with van der Waals surface area (Å²) in [4.78, 5) is 13.4. The van der Waals surface area contributed by atoms with Gasteiger partial charge in [0.25, 0.3) is 0 Å². The van der Waals surface area contributed by atoms with Gasteiger partial charge in [-0.1, -0.05) is 12.2 Å². The molecule has 1 amide bonds. The first-order valence-corrected chi connectivity index (χ1v) is 5.06. The lowest BCUT2D eigenvalue weighted by Crippen LogP contribution is -2.43. The van der Waals surface area contributed by atoms with Crippen molar-refractivity contribution in [3.05, 3.63) is 12.2 Å². The van der Waals surface area contributed by atoms with Gasteiger partial charge in [0.15, 0.2) is 0 Å². The van der Waals surface area contributed by atoms with E-state index in [9.17, 15) is 4.79 Å². The highest BCUT2D eigenvalue weighted by Gasteiger charge is 2.25. The van der Waals surface area contributed by atoms with Crippen molar-refractivity contribution in [2.75, 3.05) is 6.54 Å². The lowest BCUT2D eigenvalue weighted by Gasteiger charge is -2.32. The van der Waals surface area contributed by atoms with Crippen molar-refractivity contribution in [2.45, 2.75) is 45.8 Å². The van der Waals surface area contributed by atoms with Gasteiger partial charge in [0, 0.05) is 6.54 Å². The fourth-order valence-electron chi connectivity index (χ4n) is 1.39. The van der Waals surface area contributed by atoms with Crippen molar-refractivity contribution in [2.24, 2.45) is 0 Å². The molecule has 80 valence electrons.